The van der Waals surface area contributed by atoms with E-state index >= 15 is 0 Å². The van der Waals surface area contributed by atoms with Crippen molar-refractivity contribution in [2.24, 2.45) is 0 Å². The molecule has 0 atom stereocenters. The fourth-order valence-electron chi connectivity index (χ4n) is 2.60. The fourth-order valence-corrected chi connectivity index (χ4v) is 3.49. The molecule has 0 saturated heterocycles. The maximum Gasteiger partial charge on any atom is 0.250 e. The minimum Gasteiger partial charge on any atom is -0.494 e. The summed E-state index contributed by atoms with van der Waals surface area (Å²) in [6.45, 7) is 5.02. The fraction of sp³-hybridized carbons (Fsp3) is 0.238. The molecule has 0 unspecified atom stereocenters. The van der Waals surface area contributed by atoms with Crippen LogP contribution in [0.3, 0.4) is 0 Å². The zero-order valence-corrected chi connectivity index (χ0v) is 16.8. The Kier molecular flexibility index (Phi) is 6.49. The third-order valence-corrected chi connectivity index (χ3v) is 4.75. The van der Waals surface area contributed by atoms with Crippen LogP contribution in [0, 0.1) is 0 Å². The lowest BCUT2D eigenvalue weighted by atomic mass is 10.2. The monoisotopic (exact) mass is 398 g/mol. The second-order valence-electron chi connectivity index (χ2n) is 5.75. The van der Waals surface area contributed by atoms with Crippen molar-refractivity contribution in [3.05, 3.63) is 48.0 Å². The number of carbonyl (C=O) groups is 1. The van der Waals surface area contributed by atoms with Crippen LogP contribution in [0.5, 0.6) is 17.2 Å². The van der Waals surface area contributed by atoms with Gasteiger partial charge < -0.3 is 14.2 Å². The number of anilines is 1. The standard InChI is InChI=1S/C21H22N2O4S/c1-4-26-15-8-9-16-19(13-15)28-21(22-16)23-20(24)11-7-14-6-10-17(27-5-2)18(12-14)25-3/h6-13H,4-5H2,1-3H3,(H,22,23,24)/b11-7+. The van der Waals surface area contributed by atoms with E-state index in [1.54, 1.807) is 13.2 Å². The summed E-state index contributed by atoms with van der Waals surface area (Å²) in [6.07, 6.45) is 3.18. The average molecular weight is 398 g/mol. The summed E-state index contributed by atoms with van der Waals surface area (Å²) >= 11 is 1.41. The second kappa shape index (κ2) is 9.23. The van der Waals surface area contributed by atoms with Crippen LogP contribution in [0.2, 0.25) is 0 Å². The van der Waals surface area contributed by atoms with Crippen LogP contribution < -0.4 is 19.5 Å². The van der Waals surface area contributed by atoms with Crippen molar-refractivity contribution < 1.29 is 19.0 Å². The number of hydrogen-bond acceptors (Lipinski definition) is 6. The number of hydrogen-bond donors (Lipinski definition) is 1. The SMILES string of the molecule is CCOc1ccc2nc(NC(=O)/C=C/c3ccc(OCC)c(OC)c3)sc2c1. The quantitative estimate of drug-likeness (QED) is 0.554. The van der Waals surface area contributed by atoms with Gasteiger partial charge in [0.1, 0.15) is 5.75 Å². The lowest BCUT2D eigenvalue weighted by Crippen LogP contribution is -2.07. The summed E-state index contributed by atoms with van der Waals surface area (Å²) in [7, 11) is 1.59. The molecule has 1 aromatic heterocycles. The molecule has 1 N–H and O–H groups in total. The number of methoxy groups -OCH3 is 1. The smallest absolute Gasteiger partial charge is 0.250 e. The molecule has 0 fully saturated rings. The van der Waals surface area contributed by atoms with Crippen molar-refractivity contribution >= 4 is 38.7 Å². The number of nitrogens with one attached hydrogen (secondary N) is 1. The number of rotatable bonds is 8. The molecule has 2 aromatic carbocycles. The zero-order valence-electron chi connectivity index (χ0n) is 16.0. The molecule has 1 heterocycles. The Labute approximate surface area is 167 Å². The van der Waals surface area contributed by atoms with Gasteiger partial charge in [0, 0.05) is 6.08 Å². The molecule has 0 bridgehead atoms. The number of thiazole rings is 1. The highest BCUT2D eigenvalue weighted by Crippen LogP contribution is 2.30. The van der Waals surface area contributed by atoms with Crippen molar-refractivity contribution in [2.75, 3.05) is 25.6 Å². The first-order valence-corrected chi connectivity index (χ1v) is 9.78. The Bertz CT molecular complexity index is 997. The van der Waals surface area contributed by atoms with E-state index in [1.165, 1.54) is 17.4 Å². The molecule has 7 heteroatoms. The number of benzene rings is 2. The van der Waals surface area contributed by atoms with Gasteiger partial charge in [-0.2, -0.15) is 0 Å². The van der Waals surface area contributed by atoms with E-state index in [2.05, 4.69) is 10.3 Å². The van der Waals surface area contributed by atoms with Gasteiger partial charge in [0.2, 0.25) is 5.91 Å². The van der Waals surface area contributed by atoms with Gasteiger partial charge in [-0.05, 0) is 55.8 Å². The van der Waals surface area contributed by atoms with E-state index in [9.17, 15) is 4.79 Å². The Morgan fingerprint density at radius 3 is 2.68 bits per heavy atom. The van der Waals surface area contributed by atoms with E-state index in [1.807, 2.05) is 50.2 Å². The summed E-state index contributed by atoms with van der Waals surface area (Å²) in [4.78, 5) is 16.7. The van der Waals surface area contributed by atoms with E-state index in [0.717, 1.165) is 21.5 Å². The van der Waals surface area contributed by atoms with Gasteiger partial charge in [-0.1, -0.05) is 17.4 Å². The summed E-state index contributed by atoms with van der Waals surface area (Å²) < 4.78 is 17.3. The van der Waals surface area contributed by atoms with Gasteiger partial charge in [0.25, 0.3) is 0 Å². The molecule has 1 amide bonds. The van der Waals surface area contributed by atoms with Crippen LogP contribution in [0.4, 0.5) is 5.13 Å². The van der Waals surface area contributed by atoms with Gasteiger partial charge in [-0.15, -0.1) is 0 Å². The molecule has 0 aliphatic carbocycles. The first-order valence-electron chi connectivity index (χ1n) is 8.96. The largest absolute Gasteiger partial charge is 0.494 e. The van der Waals surface area contributed by atoms with Crippen molar-refractivity contribution in [3.8, 4) is 17.2 Å². The van der Waals surface area contributed by atoms with Crippen molar-refractivity contribution in [1.29, 1.82) is 0 Å². The second-order valence-corrected chi connectivity index (χ2v) is 6.78. The summed E-state index contributed by atoms with van der Waals surface area (Å²) in [6, 6.07) is 11.2. The molecule has 146 valence electrons. The maximum atomic E-state index is 12.2. The number of fused-ring (bicyclic) bond motifs is 1. The van der Waals surface area contributed by atoms with Crippen LogP contribution in [-0.2, 0) is 4.79 Å². The predicted molar refractivity (Wildman–Crippen MR) is 113 cm³/mol. The first-order chi connectivity index (χ1) is 13.6. The molecule has 28 heavy (non-hydrogen) atoms. The Morgan fingerprint density at radius 2 is 1.93 bits per heavy atom. The van der Waals surface area contributed by atoms with Gasteiger partial charge in [-0.3, -0.25) is 10.1 Å². The number of amides is 1. The number of carbonyl (C=O) groups excluding carboxylic acids is 1. The zero-order chi connectivity index (χ0) is 19.9. The van der Waals surface area contributed by atoms with E-state index < -0.39 is 0 Å². The Balaban J connectivity index is 1.68. The molecule has 0 saturated carbocycles. The number of ether oxygens (including phenoxy) is 3. The summed E-state index contributed by atoms with van der Waals surface area (Å²) in [5.41, 5.74) is 1.66. The third-order valence-electron chi connectivity index (χ3n) is 3.82. The molecule has 0 spiro atoms. The first kappa shape index (κ1) is 19.7. The van der Waals surface area contributed by atoms with E-state index in [0.29, 0.717) is 29.8 Å². The van der Waals surface area contributed by atoms with Crippen LogP contribution in [0.1, 0.15) is 19.4 Å². The highest BCUT2D eigenvalue weighted by molar-refractivity contribution is 7.22. The summed E-state index contributed by atoms with van der Waals surface area (Å²) in [5, 5.41) is 3.34. The normalized spacial score (nSPS) is 11.0. The van der Waals surface area contributed by atoms with E-state index in [-0.39, 0.29) is 5.91 Å². The molecule has 3 aromatic rings. The number of nitrogens with zero attached hydrogens (tertiary/aromatic N) is 1. The minimum atomic E-state index is -0.253. The van der Waals surface area contributed by atoms with Gasteiger partial charge >= 0.3 is 0 Å². The summed E-state index contributed by atoms with van der Waals surface area (Å²) in [5.74, 6) is 1.84. The average Bonchev–Trinajstić information content (AvgIpc) is 3.09. The highest BCUT2D eigenvalue weighted by Gasteiger charge is 2.08. The molecular weight excluding hydrogens is 376 g/mol. The third kappa shape index (κ3) is 4.80. The maximum absolute atomic E-state index is 12.2. The number of aromatic nitrogens is 1. The molecule has 3 rings (SSSR count). The van der Waals surface area contributed by atoms with Crippen LogP contribution in [-0.4, -0.2) is 31.2 Å². The molecule has 6 nitrogen and oxygen atoms in total. The van der Waals surface area contributed by atoms with Gasteiger partial charge in [-0.25, -0.2) is 4.98 Å². The van der Waals surface area contributed by atoms with Crippen molar-refractivity contribution in [3.63, 3.8) is 0 Å². The van der Waals surface area contributed by atoms with E-state index in [4.69, 9.17) is 14.2 Å². The van der Waals surface area contributed by atoms with Crippen molar-refractivity contribution in [1.82, 2.24) is 4.98 Å². The highest BCUT2D eigenvalue weighted by atomic mass is 32.1. The van der Waals surface area contributed by atoms with Crippen molar-refractivity contribution in [2.45, 2.75) is 13.8 Å². The van der Waals surface area contributed by atoms with Crippen LogP contribution in [0.25, 0.3) is 16.3 Å². The minimum absolute atomic E-state index is 0.253. The molecular formula is C21H22N2O4S. The lowest BCUT2D eigenvalue weighted by molar-refractivity contribution is -0.111. The van der Waals surface area contributed by atoms with Gasteiger partial charge in [0.05, 0.1) is 30.5 Å². The topological polar surface area (TPSA) is 69.7 Å². The van der Waals surface area contributed by atoms with Gasteiger partial charge in [0.15, 0.2) is 16.6 Å². The molecule has 0 radical (unpaired) electrons. The van der Waals surface area contributed by atoms with Crippen LogP contribution in [0.15, 0.2) is 42.5 Å². The lowest BCUT2D eigenvalue weighted by Gasteiger charge is -2.09. The Morgan fingerprint density at radius 1 is 1.11 bits per heavy atom. The predicted octanol–water partition coefficient (Wildman–Crippen LogP) is 4.75. The molecule has 0 aliphatic rings. The molecule has 0 aliphatic heterocycles. The van der Waals surface area contributed by atoms with Crippen LogP contribution >= 0.6 is 11.3 Å². The Hall–Kier alpha value is -3.06.